The Kier molecular flexibility index (Phi) is 10.3. The van der Waals surface area contributed by atoms with E-state index < -0.39 is 0 Å². The number of rotatable bonds is 10. The second-order valence-corrected chi connectivity index (χ2v) is 5.06. The van der Waals surface area contributed by atoms with Crippen molar-refractivity contribution in [3.8, 4) is 0 Å². The number of hydrogen-bond acceptors (Lipinski definition) is 1. The Bertz CT molecular complexity index is 179. The third-order valence-corrected chi connectivity index (χ3v) is 3.27. The van der Waals surface area contributed by atoms with E-state index in [2.05, 4.69) is 33.0 Å². The van der Waals surface area contributed by atoms with Crippen molar-refractivity contribution in [1.82, 2.24) is 5.32 Å². The first-order valence-electron chi connectivity index (χ1n) is 7.49. The Morgan fingerprint density at radius 2 is 1.24 bits per heavy atom. The Balaban J connectivity index is 4.22. The Morgan fingerprint density at radius 3 is 1.59 bits per heavy atom. The molecular weight excluding hydrogens is 210 g/mol. The van der Waals surface area contributed by atoms with Crippen LogP contribution >= 0.6 is 0 Å². The zero-order chi connectivity index (χ0) is 13.1. The van der Waals surface area contributed by atoms with Crippen LogP contribution in [0.2, 0.25) is 0 Å². The molecule has 2 heteroatoms. The third-order valence-electron chi connectivity index (χ3n) is 3.27. The molecule has 102 valence electrons. The molecule has 0 unspecified atom stereocenters. The second kappa shape index (κ2) is 10.6. The summed E-state index contributed by atoms with van der Waals surface area (Å²) in [6.45, 7) is 8.69. The lowest BCUT2D eigenvalue weighted by Gasteiger charge is -2.21. The average Bonchev–Trinajstić information content (AvgIpc) is 2.29. The van der Waals surface area contributed by atoms with Gasteiger partial charge in [0, 0.05) is 12.0 Å². The summed E-state index contributed by atoms with van der Waals surface area (Å²) in [4.78, 5) is 12.2. The number of carbonyl (C=O) groups is 1. The monoisotopic (exact) mass is 241 g/mol. The molecule has 0 saturated heterocycles. The van der Waals surface area contributed by atoms with E-state index in [9.17, 15) is 4.79 Å². The van der Waals surface area contributed by atoms with Gasteiger partial charge in [-0.25, -0.2) is 0 Å². The van der Waals surface area contributed by atoms with Crippen molar-refractivity contribution in [3.63, 3.8) is 0 Å². The maximum atomic E-state index is 12.2. The molecule has 0 heterocycles. The zero-order valence-corrected chi connectivity index (χ0v) is 12.2. The smallest absolute Gasteiger partial charge is 0.223 e. The summed E-state index contributed by atoms with van der Waals surface area (Å²) in [7, 11) is 0. The minimum atomic E-state index is 0.237. The van der Waals surface area contributed by atoms with Crippen LogP contribution < -0.4 is 5.32 Å². The maximum Gasteiger partial charge on any atom is 0.223 e. The molecule has 0 aliphatic heterocycles. The van der Waals surface area contributed by atoms with Gasteiger partial charge in [-0.1, -0.05) is 53.4 Å². The van der Waals surface area contributed by atoms with E-state index >= 15 is 0 Å². The number of amides is 1. The molecule has 0 spiro atoms. The molecule has 0 aromatic rings. The first-order chi connectivity index (χ1) is 8.19. The highest BCUT2D eigenvalue weighted by Gasteiger charge is 2.19. The first kappa shape index (κ1) is 16.5. The molecule has 0 aliphatic rings. The highest BCUT2D eigenvalue weighted by molar-refractivity contribution is 5.78. The van der Waals surface area contributed by atoms with E-state index in [0.717, 1.165) is 51.4 Å². The Labute approximate surface area is 108 Å². The molecule has 0 aromatic carbocycles. The minimum absolute atomic E-state index is 0.237. The highest BCUT2D eigenvalue weighted by atomic mass is 16.1. The molecule has 0 saturated carbocycles. The van der Waals surface area contributed by atoms with Crippen LogP contribution in [0.1, 0.15) is 79.1 Å². The van der Waals surface area contributed by atoms with E-state index in [1.807, 2.05) is 0 Å². The minimum Gasteiger partial charge on any atom is -0.353 e. The van der Waals surface area contributed by atoms with Gasteiger partial charge >= 0.3 is 0 Å². The number of nitrogens with one attached hydrogen (secondary N) is 1. The van der Waals surface area contributed by atoms with Gasteiger partial charge in [-0.2, -0.15) is 0 Å². The predicted molar refractivity (Wildman–Crippen MR) is 75.1 cm³/mol. The van der Waals surface area contributed by atoms with Crippen LogP contribution in [0, 0.1) is 5.92 Å². The van der Waals surface area contributed by atoms with Crippen LogP contribution in [0.3, 0.4) is 0 Å². The Morgan fingerprint density at radius 1 is 0.824 bits per heavy atom. The standard InChI is InChI=1S/C15H31NO/c1-5-9-13(10-6-2)15(17)16-14(11-7-3)12-8-4/h13-14H,5-12H2,1-4H3,(H,16,17). The largest absolute Gasteiger partial charge is 0.353 e. The summed E-state index contributed by atoms with van der Waals surface area (Å²) < 4.78 is 0. The molecule has 0 aromatic heterocycles. The van der Waals surface area contributed by atoms with Gasteiger partial charge in [-0.05, 0) is 25.7 Å². The molecule has 0 atom stereocenters. The van der Waals surface area contributed by atoms with Crippen LogP contribution in [-0.4, -0.2) is 11.9 Å². The van der Waals surface area contributed by atoms with Crippen molar-refractivity contribution >= 4 is 5.91 Å². The fourth-order valence-electron chi connectivity index (χ4n) is 2.41. The van der Waals surface area contributed by atoms with Gasteiger partial charge in [0.15, 0.2) is 0 Å². The highest BCUT2D eigenvalue weighted by Crippen LogP contribution is 2.15. The van der Waals surface area contributed by atoms with Crippen LogP contribution in [0.15, 0.2) is 0 Å². The lowest BCUT2D eigenvalue weighted by molar-refractivity contribution is -0.126. The van der Waals surface area contributed by atoms with Crippen molar-refractivity contribution in [2.45, 2.75) is 85.1 Å². The van der Waals surface area contributed by atoms with Gasteiger partial charge < -0.3 is 5.32 Å². The summed E-state index contributed by atoms with van der Waals surface area (Å²) in [5, 5.41) is 3.25. The normalized spacial score (nSPS) is 11.2. The van der Waals surface area contributed by atoms with Gasteiger partial charge in [0.25, 0.3) is 0 Å². The fraction of sp³-hybridized carbons (Fsp3) is 0.933. The van der Waals surface area contributed by atoms with Gasteiger partial charge in [0.1, 0.15) is 0 Å². The first-order valence-corrected chi connectivity index (χ1v) is 7.49. The molecule has 1 N–H and O–H groups in total. The summed E-state index contributed by atoms with van der Waals surface area (Å²) in [6.07, 6.45) is 8.80. The van der Waals surface area contributed by atoms with E-state index in [0.29, 0.717) is 11.9 Å². The molecule has 0 bridgehead atoms. The quantitative estimate of drug-likeness (QED) is 0.607. The molecule has 0 fully saturated rings. The number of carbonyl (C=O) groups excluding carboxylic acids is 1. The Hall–Kier alpha value is -0.530. The summed E-state index contributed by atoms with van der Waals surface area (Å²) in [5.74, 6) is 0.529. The van der Waals surface area contributed by atoms with Gasteiger partial charge in [-0.3, -0.25) is 4.79 Å². The third kappa shape index (κ3) is 7.40. The second-order valence-electron chi connectivity index (χ2n) is 5.06. The predicted octanol–water partition coefficient (Wildman–Crippen LogP) is 4.29. The molecule has 1 amide bonds. The zero-order valence-electron chi connectivity index (χ0n) is 12.2. The average molecular weight is 241 g/mol. The summed E-state index contributed by atoms with van der Waals surface area (Å²) in [6, 6.07) is 0.397. The van der Waals surface area contributed by atoms with Crippen LogP contribution in [0.5, 0.6) is 0 Å². The van der Waals surface area contributed by atoms with Gasteiger partial charge in [0.05, 0.1) is 0 Å². The SMILES string of the molecule is CCCC(CCC)NC(=O)C(CCC)CCC. The fourth-order valence-corrected chi connectivity index (χ4v) is 2.41. The lowest BCUT2D eigenvalue weighted by atomic mass is 9.96. The van der Waals surface area contributed by atoms with Gasteiger partial charge in [0.2, 0.25) is 5.91 Å². The van der Waals surface area contributed by atoms with Crippen molar-refractivity contribution in [3.05, 3.63) is 0 Å². The van der Waals surface area contributed by atoms with Crippen molar-refractivity contribution in [2.75, 3.05) is 0 Å². The van der Waals surface area contributed by atoms with Crippen molar-refractivity contribution in [2.24, 2.45) is 5.92 Å². The summed E-state index contributed by atoms with van der Waals surface area (Å²) >= 11 is 0. The topological polar surface area (TPSA) is 29.1 Å². The van der Waals surface area contributed by atoms with E-state index in [1.165, 1.54) is 0 Å². The molecule has 0 radical (unpaired) electrons. The molecule has 0 aliphatic carbocycles. The van der Waals surface area contributed by atoms with E-state index in [-0.39, 0.29) is 5.92 Å². The molecule has 17 heavy (non-hydrogen) atoms. The van der Waals surface area contributed by atoms with Crippen LogP contribution in [0.4, 0.5) is 0 Å². The number of hydrogen-bond donors (Lipinski definition) is 1. The van der Waals surface area contributed by atoms with Crippen LogP contribution in [0.25, 0.3) is 0 Å². The van der Waals surface area contributed by atoms with E-state index in [4.69, 9.17) is 0 Å². The molecular formula is C15H31NO. The summed E-state index contributed by atoms with van der Waals surface area (Å²) in [5.41, 5.74) is 0. The van der Waals surface area contributed by atoms with Crippen molar-refractivity contribution < 1.29 is 4.79 Å². The molecule has 2 nitrogen and oxygen atoms in total. The lowest BCUT2D eigenvalue weighted by Crippen LogP contribution is -2.38. The van der Waals surface area contributed by atoms with Crippen LogP contribution in [-0.2, 0) is 4.79 Å². The maximum absolute atomic E-state index is 12.2. The molecule has 0 rings (SSSR count). The van der Waals surface area contributed by atoms with Gasteiger partial charge in [-0.15, -0.1) is 0 Å². The van der Waals surface area contributed by atoms with Crippen molar-refractivity contribution in [1.29, 1.82) is 0 Å². The van der Waals surface area contributed by atoms with E-state index in [1.54, 1.807) is 0 Å².